The maximum atomic E-state index is 10.5. The van der Waals surface area contributed by atoms with E-state index >= 15 is 0 Å². The maximum Gasteiger partial charge on any atom is 0.470 e. The van der Waals surface area contributed by atoms with Gasteiger partial charge in [-0.2, -0.15) is 0 Å². The van der Waals surface area contributed by atoms with E-state index in [1.807, 2.05) is 0 Å². The van der Waals surface area contributed by atoms with Crippen molar-refractivity contribution in [2.24, 2.45) is 5.73 Å². The summed E-state index contributed by atoms with van der Waals surface area (Å²) in [5.41, 5.74) is 5.13. The van der Waals surface area contributed by atoms with Crippen molar-refractivity contribution in [2.45, 2.75) is 24.4 Å². The van der Waals surface area contributed by atoms with Crippen molar-refractivity contribution >= 4 is 14.1 Å². The second kappa shape index (κ2) is 6.38. The zero-order valence-electron chi connectivity index (χ0n) is 8.08. The summed E-state index contributed by atoms with van der Waals surface area (Å²) in [5.74, 6) is 0. The maximum absolute atomic E-state index is 10.5. The molecule has 0 aromatic heterocycles. The van der Waals surface area contributed by atoms with Gasteiger partial charge in [0.2, 0.25) is 0 Å². The predicted octanol–water partition coefficient (Wildman–Crippen LogP) is -3.30. The minimum absolute atomic E-state index is 0.0909. The molecule has 10 heteroatoms. The lowest BCUT2D eigenvalue weighted by molar-refractivity contribution is -0.117. The van der Waals surface area contributed by atoms with Crippen molar-refractivity contribution in [1.29, 1.82) is 0 Å². The number of nitrogens with two attached hydrogens (primary N) is 1. The average molecular weight is 259 g/mol. The van der Waals surface area contributed by atoms with Crippen LogP contribution in [0.5, 0.6) is 0 Å². The molecule has 0 saturated carbocycles. The fraction of sp³-hybridized carbons (Fsp3) is 0.833. The summed E-state index contributed by atoms with van der Waals surface area (Å²) in [6.45, 7) is -0.881. The van der Waals surface area contributed by atoms with Crippen molar-refractivity contribution in [3.63, 3.8) is 0 Å². The first-order valence-electron chi connectivity index (χ1n) is 4.14. The number of carbonyl (C=O) groups is 1. The van der Waals surface area contributed by atoms with Crippen LogP contribution in [0.25, 0.3) is 0 Å². The number of aldehydes is 1. The topological polar surface area (TPSA) is 171 Å². The zero-order valence-corrected chi connectivity index (χ0v) is 8.97. The van der Waals surface area contributed by atoms with Gasteiger partial charge >= 0.3 is 7.82 Å². The number of phosphoric ester groups is 1. The molecule has 9 nitrogen and oxygen atoms in total. The first-order valence-corrected chi connectivity index (χ1v) is 5.67. The smallest absolute Gasteiger partial charge is 0.394 e. The molecule has 0 aliphatic carbocycles. The van der Waals surface area contributed by atoms with Crippen LogP contribution in [0.4, 0.5) is 0 Å². The Morgan fingerprint density at radius 2 is 1.88 bits per heavy atom. The SMILES string of the molecule is N[C@@H](C=O)[C@@H](OP(=O)(O)O)[C@H](O)[C@H](O)CO. The molecule has 0 heterocycles. The number of phosphoric acid groups is 1. The Labute approximate surface area is 90.7 Å². The number of carbonyl (C=O) groups excluding carboxylic acids is 1. The summed E-state index contributed by atoms with van der Waals surface area (Å²) < 4.78 is 14.6. The molecule has 0 fully saturated rings. The number of aliphatic hydroxyl groups is 3. The van der Waals surface area contributed by atoms with Crippen LogP contribution in [0, 0.1) is 0 Å². The first kappa shape index (κ1) is 15.6. The number of aliphatic hydroxyl groups excluding tert-OH is 3. The van der Waals surface area contributed by atoms with Gasteiger partial charge in [-0.1, -0.05) is 0 Å². The fourth-order valence-electron chi connectivity index (χ4n) is 0.923. The lowest BCUT2D eigenvalue weighted by Gasteiger charge is -2.27. The first-order chi connectivity index (χ1) is 7.22. The molecule has 7 N–H and O–H groups in total. The highest BCUT2D eigenvalue weighted by molar-refractivity contribution is 7.46. The summed E-state index contributed by atoms with van der Waals surface area (Å²) >= 11 is 0. The molecule has 0 saturated heterocycles. The van der Waals surface area contributed by atoms with Gasteiger partial charge < -0.3 is 35.6 Å². The molecule has 0 radical (unpaired) electrons. The highest BCUT2D eigenvalue weighted by Crippen LogP contribution is 2.38. The van der Waals surface area contributed by atoms with Crippen molar-refractivity contribution in [1.82, 2.24) is 0 Å². The molecule has 0 aromatic rings. The second-order valence-electron chi connectivity index (χ2n) is 3.01. The molecule has 0 aliphatic heterocycles. The minimum Gasteiger partial charge on any atom is -0.394 e. The Hall–Kier alpha value is -0.380. The van der Waals surface area contributed by atoms with Gasteiger partial charge in [0, 0.05) is 0 Å². The van der Waals surface area contributed by atoms with E-state index in [9.17, 15) is 14.5 Å². The van der Waals surface area contributed by atoms with Gasteiger partial charge in [-0.3, -0.25) is 4.52 Å². The second-order valence-corrected chi connectivity index (χ2v) is 4.21. The standard InChI is InChI=1S/C6H14NO8P/c7-3(1-8)6(15-16(12,13)14)5(11)4(10)2-9/h1,3-6,9-11H,2,7H2,(H2,12,13,14)/t3-,4+,5+,6+/m0/s1. The van der Waals surface area contributed by atoms with Gasteiger partial charge in [-0.15, -0.1) is 0 Å². The Bertz CT molecular complexity index is 267. The fourth-order valence-corrected chi connectivity index (χ4v) is 1.51. The van der Waals surface area contributed by atoms with Gasteiger partial charge in [-0.25, -0.2) is 4.57 Å². The third-order valence-electron chi connectivity index (χ3n) is 1.71. The van der Waals surface area contributed by atoms with Crippen molar-refractivity contribution in [3.8, 4) is 0 Å². The van der Waals surface area contributed by atoms with Gasteiger partial charge in [0.25, 0.3) is 0 Å². The molecule has 0 spiro atoms. The van der Waals surface area contributed by atoms with Crippen LogP contribution in [0.15, 0.2) is 0 Å². The molecule has 4 atom stereocenters. The summed E-state index contributed by atoms with van der Waals surface area (Å²) in [6.07, 6.45) is -5.37. The molecule has 0 aromatic carbocycles. The molecule has 0 bridgehead atoms. The van der Waals surface area contributed by atoms with Crippen LogP contribution in [-0.4, -0.2) is 62.4 Å². The normalized spacial score (nSPS) is 19.9. The van der Waals surface area contributed by atoms with Crippen molar-refractivity contribution < 1.29 is 39.0 Å². The van der Waals surface area contributed by atoms with Crippen LogP contribution in [0.2, 0.25) is 0 Å². The van der Waals surface area contributed by atoms with Crippen LogP contribution in [-0.2, 0) is 13.9 Å². The third-order valence-corrected chi connectivity index (χ3v) is 2.23. The largest absolute Gasteiger partial charge is 0.470 e. The lowest BCUT2D eigenvalue weighted by atomic mass is 10.0. The Morgan fingerprint density at radius 3 is 2.19 bits per heavy atom. The van der Waals surface area contributed by atoms with Crippen LogP contribution < -0.4 is 5.73 Å². The van der Waals surface area contributed by atoms with E-state index in [1.165, 1.54) is 0 Å². The van der Waals surface area contributed by atoms with E-state index in [0.29, 0.717) is 0 Å². The third kappa shape index (κ3) is 5.10. The average Bonchev–Trinajstić information content (AvgIpc) is 2.21. The molecule has 96 valence electrons. The summed E-state index contributed by atoms with van der Waals surface area (Å²) in [4.78, 5) is 27.3. The van der Waals surface area contributed by atoms with Gasteiger partial charge in [0.05, 0.1) is 12.6 Å². The van der Waals surface area contributed by atoms with Gasteiger partial charge in [0.1, 0.15) is 24.6 Å². The molecular weight excluding hydrogens is 245 g/mol. The van der Waals surface area contributed by atoms with Crippen LogP contribution in [0.3, 0.4) is 0 Å². The molecular formula is C6H14NO8P. The van der Waals surface area contributed by atoms with E-state index in [2.05, 4.69) is 4.52 Å². The van der Waals surface area contributed by atoms with Crippen molar-refractivity contribution in [2.75, 3.05) is 6.61 Å². The zero-order chi connectivity index (χ0) is 12.9. The number of hydrogen-bond acceptors (Lipinski definition) is 7. The molecule has 0 aliphatic rings. The Morgan fingerprint density at radius 1 is 1.38 bits per heavy atom. The van der Waals surface area contributed by atoms with E-state index in [-0.39, 0.29) is 6.29 Å². The van der Waals surface area contributed by atoms with Crippen molar-refractivity contribution in [3.05, 3.63) is 0 Å². The molecule has 0 unspecified atom stereocenters. The van der Waals surface area contributed by atoms with Crippen LogP contribution >= 0.6 is 7.82 Å². The Balaban J connectivity index is 4.80. The minimum atomic E-state index is -4.98. The molecule has 16 heavy (non-hydrogen) atoms. The number of hydrogen-bond donors (Lipinski definition) is 6. The number of rotatable bonds is 7. The summed E-state index contributed by atoms with van der Waals surface area (Å²) in [7, 11) is -4.98. The van der Waals surface area contributed by atoms with Gasteiger partial charge in [-0.05, 0) is 0 Å². The highest BCUT2D eigenvalue weighted by atomic mass is 31.2. The quantitative estimate of drug-likeness (QED) is 0.202. The predicted molar refractivity (Wildman–Crippen MR) is 50.1 cm³/mol. The molecule has 0 amide bonds. The lowest BCUT2D eigenvalue weighted by Crippen LogP contribution is -2.51. The summed E-state index contributed by atoms with van der Waals surface area (Å²) in [6, 6.07) is -1.55. The van der Waals surface area contributed by atoms with E-state index in [4.69, 9.17) is 25.7 Å². The van der Waals surface area contributed by atoms with Crippen LogP contribution in [0.1, 0.15) is 0 Å². The molecule has 0 rings (SSSR count). The van der Waals surface area contributed by atoms with Gasteiger partial charge in [0.15, 0.2) is 0 Å². The van der Waals surface area contributed by atoms with E-state index in [0.717, 1.165) is 0 Å². The van der Waals surface area contributed by atoms with E-state index in [1.54, 1.807) is 0 Å². The summed E-state index contributed by atoms with van der Waals surface area (Å²) in [5, 5.41) is 26.9. The van der Waals surface area contributed by atoms with E-state index < -0.39 is 38.8 Å². The highest BCUT2D eigenvalue weighted by Gasteiger charge is 2.36. The Kier molecular flexibility index (Phi) is 6.23. The monoisotopic (exact) mass is 259 g/mol.